The van der Waals surface area contributed by atoms with Gasteiger partial charge in [0.25, 0.3) is 0 Å². The molecule has 2 N–H and O–H groups in total. The lowest BCUT2D eigenvalue weighted by Crippen LogP contribution is -2.23. The highest BCUT2D eigenvalue weighted by Gasteiger charge is 2.28. The van der Waals surface area contributed by atoms with Gasteiger partial charge in [0.15, 0.2) is 6.10 Å². The second-order valence-electron chi connectivity index (χ2n) is 8.06. The van der Waals surface area contributed by atoms with Crippen molar-refractivity contribution in [1.82, 2.24) is 9.97 Å². The van der Waals surface area contributed by atoms with Crippen LogP contribution < -0.4 is 10.1 Å². The van der Waals surface area contributed by atoms with Crippen LogP contribution in [0.15, 0.2) is 41.0 Å². The van der Waals surface area contributed by atoms with Crippen molar-refractivity contribution < 1.29 is 23.2 Å². The molecule has 0 aliphatic heterocycles. The molecule has 0 unspecified atom stereocenters. The third-order valence-corrected chi connectivity index (χ3v) is 5.59. The maximum absolute atomic E-state index is 13.8. The summed E-state index contributed by atoms with van der Waals surface area (Å²) in [6.07, 6.45) is 5.42. The Kier molecular flexibility index (Phi) is 5.72. The quantitative estimate of drug-likeness (QED) is 0.532. The summed E-state index contributed by atoms with van der Waals surface area (Å²) < 4.78 is 35.8. The molecule has 1 aliphatic carbocycles. The zero-order valence-electron chi connectivity index (χ0n) is 17.8. The Morgan fingerprint density at radius 3 is 2.69 bits per heavy atom. The summed E-state index contributed by atoms with van der Waals surface area (Å²) in [5.41, 5.74) is 2.61. The van der Waals surface area contributed by atoms with Gasteiger partial charge in [0.05, 0.1) is 16.9 Å². The lowest BCUT2D eigenvalue weighted by Gasteiger charge is -2.17. The highest BCUT2D eigenvalue weighted by atomic mass is 32.2. The molecule has 4 rings (SSSR count). The largest absolute Gasteiger partial charge is 0.479 e. The van der Waals surface area contributed by atoms with Crippen LogP contribution >= 0.6 is 0 Å². The summed E-state index contributed by atoms with van der Waals surface area (Å²) in [4.78, 5) is 20.0. The van der Waals surface area contributed by atoms with E-state index in [1.54, 1.807) is 18.6 Å². The van der Waals surface area contributed by atoms with E-state index < -0.39 is 27.6 Å². The van der Waals surface area contributed by atoms with Gasteiger partial charge in [0.2, 0.25) is 0 Å². The molecule has 1 aromatic heterocycles. The van der Waals surface area contributed by atoms with Crippen LogP contribution in [0.2, 0.25) is 0 Å². The van der Waals surface area contributed by atoms with Crippen molar-refractivity contribution in [2.24, 2.45) is 4.36 Å². The average molecular weight is 459 g/mol. The van der Waals surface area contributed by atoms with Crippen LogP contribution in [0.25, 0.3) is 10.9 Å². The van der Waals surface area contributed by atoms with Gasteiger partial charge < -0.3 is 15.2 Å². The van der Waals surface area contributed by atoms with Crippen LogP contribution in [0.4, 0.5) is 21.6 Å². The smallest absolute Gasteiger partial charge is 0.344 e. The second kappa shape index (κ2) is 8.34. The van der Waals surface area contributed by atoms with E-state index in [9.17, 15) is 13.4 Å². The number of carboxylic acid groups (broad SMARTS) is 1. The first-order valence-corrected chi connectivity index (χ1v) is 12.4. The normalized spacial score (nSPS) is 14.8. The number of anilines is 2. The molecule has 0 amide bonds. The molecule has 1 atom stereocenters. The van der Waals surface area contributed by atoms with E-state index in [0.717, 1.165) is 29.9 Å². The number of hydrogen-bond acceptors (Lipinski definition) is 7. The Morgan fingerprint density at radius 1 is 1.28 bits per heavy atom. The SMILES string of the molecule is C[C@@H](Oc1cc(F)ccc1Nc1ncnc2cc(N=S(C)(C)=O)cc(C3CC3)c12)C(=O)O. The van der Waals surface area contributed by atoms with Crippen LogP contribution in [-0.2, 0) is 14.5 Å². The number of nitrogens with one attached hydrogen (secondary N) is 1. The van der Waals surface area contributed by atoms with E-state index in [4.69, 9.17) is 9.84 Å². The molecule has 1 heterocycles. The van der Waals surface area contributed by atoms with E-state index in [2.05, 4.69) is 19.6 Å². The number of hydrogen-bond donors (Lipinski definition) is 2. The maximum atomic E-state index is 13.8. The van der Waals surface area contributed by atoms with E-state index in [-0.39, 0.29) is 5.75 Å². The van der Waals surface area contributed by atoms with Gasteiger partial charge in [-0.25, -0.2) is 23.4 Å². The number of aliphatic carboxylic acids is 1. The number of rotatable bonds is 7. The Morgan fingerprint density at radius 2 is 2.03 bits per heavy atom. The van der Waals surface area contributed by atoms with Gasteiger partial charge in [-0.05, 0) is 55.5 Å². The average Bonchev–Trinajstić information content (AvgIpc) is 3.53. The Labute approximate surface area is 185 Å². The highest BCUT2D eigenvalue weighted by molar-refractivity contribution is 7.92. The molecule has 1 aliphatic rings. The van der Waals surface area contributed by atoms with E-state index >= 15 is 0 Å². The van der Waals surface area contributed by atoms with E-state index in [0.29, 0.717) is 28.6 Å². The number of aromatic nitrogens is 2. The molecule has 3 aromatic rings. The number of fused-ring (bicyclic) bond motifs is 1. The third kappa shape index (κ3) is 4.96. The zero-order valence-corrected chi connectivity index (χ0v) is 18.6. The number of benzene rings is 2. The number of carbonyl (C=O) groups is 1. The molecule has 0 saturated heterocycles. The van der Waals surface area contributed by atoms with Gasteiger partial charge in [0.1, 0.15) is 23.7 Å². The predicted molar refractivity (Wildman–Crippen MR) is 121 cm³/mol. The minimum atomic E-state index is -2.34. The Bertz CT molecular complexity index is 1330. The lowest BCUT2D eigenvalue weighted by molar-refractivity contribution is -0.144. The summed E-state index contributed by atoms with van der Waals surface area (Å²) in [6, 6.07) is 7.52. The summed E-state index contributed by atoms with van der Waals surface area (Å²) in [6.45, 7) is 1.37. The third-order valence-electron chi connectivity index (χ3n) is 4.94. The summed E-state index contributed by atoms with van der Waals surface area (Å²) in [5, 5.41) is 13.1. The van der Waals surface area contributed by atoms with Gasteiger partial charge in [0, 0.05) is 33.7 Å². The molecule has 0 radical (unpaired) electrons. The molecule has 1 saturated carbocycles. The number of halogens is 1. The fourth-order valence-corrected chi connectivity index (χ4v) is 4.00. The van der Waals surface area contributed by atoms with Crippen molar-refractivity contribution in [2.75, 3.05) is 17.8 Å². The lowest BCUT2D eigenvalue weighted by atomic mass is 10.0. The van der Waals surface area contributed by atoms with E-state index in [1.165, 1.54) is 25.4 Å². The fourth-order valence-electron chi connectivity index (χ4n) is 3.39. The predicted octanol–water partition coefficient (Wildman–Crippen LogP) is 4.60. The Balaban J connectivity index is 1.81. The van der Waals surface area contributed by atoms with Crippen molar-refractivity contribution in [1.29, 1.82) is 0 Å². The molecule has 168 valence electrons. The van der Waals surface area contributed by atoms with Crippen molar-refractivity contribution in [2.45, 2.75) is 31.8 Å². The first-order valence-electron chi connectivity index (χ1n) is 10.0. The van der Waals surface area contributed by atoms with Crippen LogP contribution in [-0.4, -0.2) is 43.9 Å². The van der Waals surface area contributed by atoms with Crippen LogP contribution in [0.5, 0.6) is 5.75 Å². The highest BCUT2D eigenvalue weighted by Crippen LogP contribution is 2.46. The standard InChI is InChI=1S/C22H23FN4O4S/c1-12(22(28)29)31-19-8-14(23)6-7-17(19)26-21-20-16(13-4-5-13)9-15(27-32(2,3)30)10-18(20)24-11-25-21/h6-13H,4-5H2,1-3H3,(H,28,29)(H,24,25,26)/t12-/m1/s1. The fraction of sp³-hybridized carbons (Fsp3) is 0.318. The van der Waals surface area contributed by atoms with Gasteiger partial charge in [-0.15, -0.1) is 0 Å². The van der Waals surface area contributed by atoms with Crippen molar-refractivity contribution in [3.63, 3.8) is 0 Å². The van der Waals surface area contributed by atoms with Crippen molar-refractivity contribution in [3.8, 4) is 5.75 Å². The van der Waals surface area contributed by atoms with Gasteiger partial charge in [-0.2, -0.15) is 4.36 Å². The Hall–Kier alpha value is -3.27. The van der Waals surface area contributed by atoms with Crippen molar-refractivity contribution >= 4 is 43.8 Å². The van der Waals surface area contributed by atoms with E-state index in [1.807, 2.05) is 6.07 Å². The number of carboxylic acids is 1. The molecule has 2 aromatic carbocycles. The topological polar surface area (TPSA) is 114 Å². The zero-order chi connectivity index (χ0) is 23.0. The molecule has 8 nitrogen and oxygen atoms in total. The monoisotopic (exact) mass is 458 g/mol. The molecule has 0 bridgehead atoms. The first kappa shape index (κ1) is 21.9. The first-order chi connectivity index (χ1) is 15.1. The van der Waals surface area contributed by atoms with Crippen LogP contribution in [0.1, 0.15) is 31.2 Å². The van der Waals surface area contributed by atoms with Gasteiger partial charge in [-0.1, -0.05) is 0 Å². The molecule has 1 fully saturated rings. The second-order valence-corrected chi connectivity index (χ2v) is 10.6. The molecule has 32 heavy (non-hydrogen) atoms. The minimum Gasteiger partial charge on any atom is -0.479 e. The number of nitrogens with zero attached hydrogens (tertiary/aromatic N) is 3. The summed E-state index contributed by atoms with van der Waals surface area (Å²) >= 11 is 0. The van der Waals surface area contributed by atoms with Gasteiger partial charge in [-0.3, -0.25) is 0 Å². The minimum absolute atomic E-state index is 0.0583. The summed E-state index contributed by atoms with van der Waals surface area (Å²) in [5.74, 6) is -0.855. The molecular formula is C22H23FN4O4S. The molecular weight excluding hydrogens is 435 g/mol. The van der Waals surface area contributed by atoms with Crippen LogP contribution in [0.3, 0.4) is 0 Å². The van der Waals surface area contributed by atoms with Gasteiger partial charge >= 0.3 is 5.97 Å². The summed E-state index contributed by atoms with van der Waals surface area (Å²) in [7, 11) is -2.34. The molecule has 0 spiro atoms. The van der Waals surface area contributed by atoms with Crippen LogP contribution in [0, 0.1) is 5.82 Å². The molecule has 10 heteroatoms. The van der Waals surface area contributed by atoms with Crippen molar-refractivity contribution in [3.05, 3.63) is 48.0 Å². The maximum Gasteiger partial charge on any atom is 0.344 e. The number of ether oxygens (including phenoxy) is 1.